The van der Waals surface area contributed by atoms with Crippen LogP contribution in [0.1, 0.15) is 21.7 Å². The number of carbonyl (C=O) groups is 1. The lowest BCUT2D eigenvalue weighted by molar-refractivity contribution is 0.0635. The molecule has 2 aliphatic rings. The van der Waals surface area contributed by atoms with Crippen LogP contribution in [0.25, 0.3) is 11.1 Å². The molecule has 10 heteroatoms. The molecule has 0 atom stereocenters. The van der Waals surface area contributed by atoms with Gasteiger partial charge in [0.05, 0.1) is 18.9 Å². The number of aryl methyl sites for hydroxylation is 1. The number of benzene rings is 1. The minimum absolute atomic E-state index is 0.130. The van der Waals surface area contributed by atoms with Crippen molar-refractivity contribution in [2.24, 2.45) is 0 Å². The van der Waals surface area contributed by atoms with Gasteiger partial charge in [-0.3, -0.25) is 4.79 Å². The number of hydrogen-bond acceptors (Lipinski definition) is 9. The summed E-state index contributed by atoms with van der Waals surface area (Å²) in [6, 6.07) is 9.51. The van der Waals surface area contributed by atoms with Gasteiger partial charge in [0.1, 0.15) is 5.52 Å². The van der Waals surface area contributed by atoms with E-state index >= 15 is 0 Å². The first-order valence-corrected chi connectivity index (χ1v) is 12.2. The molecule has 0 saturated carbocycles. The van der Waals surface area contributed by atoms with E-state index in [2.05, 4.69) is 27.1 Å². The molecule has 0 unspecified atom stereocenters. The van der Waals surface area contributed by atoms with Gasteiger partial charge in [0.2, 0.25) is 5.95 Å². The minimum atomic E-state index is -0.130. The highest BCUT2D eigenvalue weighted by atomic mass is 16.5. The first kappa shape index (κ1) is 24.0. The Labute approximate surface area is 210 Å². The highest BCUT2D eigenvalue weighted by Crippen LogP contribution is 2.29. The molecular weight excluding hydrogens is 458 g/mol. The maximum absolute atomic E-state index is 13.1. The number of ether oxygens (including phenoxy) is 1. The SMILES string of the molecule is Cc1cccc(C(=N)/C=C\Nc2nc(N3CCOCC3)c3oc(C(=O)N4CCN(C)CC4)cc3n2)c1. The van der Waals surface area contributed by atoms with Crippen LogP contribution in [0.3, 0.4) is 0 Å². The zero-order valence-corrected chi connectivity index (χ0v) is 20.7. The van der Waals surface area contributed by atoms with Crippen LogP contribution in [0.15, 0.2) is 47.0 Å². The molecule has 0 radical (unpaired) electrons. The van der Waals surface area contributed by atoms with E-state index in [1.807, 2.05) is 36.1 Å². The van der Waals surface area contributed by atoms with E-state index < -0.39 is 0 Å². The maximum atomic E-state index is 13.1. The molecule has 2 fully saturated rings. The van der Waals surface area contributed by atoms with E-state index in [-0.39, 0.29) is 11.7 Å². The number of hydrogen-bond donors (Lipinski definition) is 2. The highest BCUT2D eigenvalue weighted by Gasteiger charge is 2.26. The number of morpholine rings is 1. The number of anilines is 2. The average molecular weight is 490 g/mol. The first-order chi connectivity index (χ1) is 17.5. The van der Waals surface area contributed by atoms with E-state index in [1.54, 1.807) is 18.3 Å². The molecule has 2 aromatic heterocycles. The van der Waals surface area contributed by atoms with Crippen LogP contribution in [0, 0.1) is 12.3 Å². The van der Waals surface area contributed by atoms with E-state index in [0.29, 0.717) is 68.0 Å². The van der Waals surface area contributed by atoms with Crippen LogP contribution in [0.5, 0.6) is 0 Å². The molecular formula is C26H31N7O3. The van der Waals surface area contributed by atoms with Crippen molar-refractivity contribution in [2.75, 3.05) is 69.7 Å². The summed E-state index contributed by atoms with van der Waals surface area (Å²) in [5.74, 6) is 1.14. The number of piperazine rings is 1. The van der Waals surface area contributed by atoms with Gasteiger partial charge in [-0.15, -0.1) is 0 Å². The molecule has 0 spiro atoms. The number of fused-ring (bicyclic) bond motifs is 1. The summed E-state index contributed by atoms with van der Waals surface area (Å²) < 4.78 is 11.6. The standard InChI is InChI=1S/C26H31N7O3/c1-18-4-3-5-19(16-18)20(27)6-7-28-26-29-21-17-22(25(34)33-10-8-31(2)9-11-33)36-23(21)24(30-26)32-12-14-35-15-13-32/h3-7,16-17,27H,8-15H2,1-2H3,(H,28,29,30)/b7-6-,27-20?. The number of carbonyl (C=O) groups excluding carboxylic acids is 1. The normalized spacial score (nSPS) is 17.2. The maximum Gasteiger partial charge on any atom is 0.289 e. The summed E-state index contributed by atoms with van der Waals surface area (Å²) in [4.78, 5) is 28.5. The van der Waals surface area contributed by atoms with E-state index in [4.69, 9.17) is 19.5 Å². The number of nitrogens with zero attached hydrogens (tertiary/aromatic N) is 5. The van der Waals surface area contributed by atoms with Crippen LogP contribution < -0.4 is 10.2 Å². The second-order valence-corrected chi connectivity index (χ2v) is 9.15. The predicted molar refractivity (Wildman–Crippen MR) is 139 cm³/mol. The molecule has 5 rings (SSSR count). The second kappa shape index (κ2) is 10.5. The van der Waals surface area contributed by atoms with Gasteiger partial charge in [-0.1, -0.05) is 23.8 Å². The molecule has 0 aliphatic carbocycles. The molecule has 3 aromatic rings. The van der Waals surface area contributed by atoms with Crippen LogP contribution in [-0.2, 0) is 4.74 Å². The van der Waals surface area contributed by atoms with Crippen LogP contribution in [0.2, 0.25) is 0 Å². The minimum Gasteiger partial charge on any atom is -0.445 e. The van der Waals surface area contributed by atoms with Crippen molar-refractivity contribution in [3.05, 3.63) is 59.5 Å². The molecule has 36 heavy (non-hydrogen) atoms. The van der Waals surface area contributed by atoms with Crippen molar-refractivity contribution in [3.8, 4) is 0 Å². The summed E-state index contributed by atoms with van der Waals surface area (Å²) in [7, 11) is 2.05. The van der Waals surface area contributed by atoms with Crippen molar-refractivity contribution in [3.63, 3.8) is 0 Å². The Morgan fingerprint density at radius 3 is 2.61 bits per heavy atom. The van der Waals surface area contributed by atoms with E-state index in [1.165, 1.54) is 0 Å². The van der Waals surface area contributed by atoms with Gasteiger partial charge in [-0.2, -0.15) is 4.98 Å². The number of nitrogens with one attached hydrogen (secondary N) is 2. The summed E-state index contributed by atoms with van der Waals surface area (Å²) in [6.07, 6.45) is 3.33. The fraction of sp³-hybridized carbons (Fsp3) is 0.385. The largest absolute Gasteiger partial charge is 0.445 e. The first-order valence-electron chi connectivity index (χ1n) is 12.2. The lowest BCUT2D eigenvalue weighted by atomic mass is 10.1. The molecule has 2 N–H and O–H groups in total. The van der Waals surface area contributed by atoms with E-state index in [0.717, 1.165) is 24.2 Å². The van der Waals surface area contributed by atoms with Crippen molar-refractivity contribution in [2.45, 2.75) is 6.92 Å². The molecule has 10 nitrogen and oxygen atoms in total. The van der Waals surface area contributed by atoms with Crippen LogP contribution >= 0.6 is 0 Å². The Morgan fingerprint density at radius 2 is 1.86 bits per heavy atom. The third kappa shape index (κ3) is 5.24. The van der Waals surface area contributed by atoms with Gasteiger partial charge in [-0.25, -0.2) is 4.98 Å². The zero-order chi connectivity index (χ0) is 25.1. The fourth-order valence-corrected chi connectivity index (χ4v) is 4.35. The number of rotatable bonds is 6. The Bertz CT molecular complexity index is 1290. The van der Waals surface area contributed by atoms with Gasteiger partial charge in [0.25, 0.3) is 5.91 Å². The quantitative estimate of drug-likeness (QED) is 0.509. The second-order valence-electron chi connectivity index (χ2n) is 9.15. The number of amides is 1. The number of likely N-dealkylation sites (N-methyl/N-ethyl adjacent to an activating group) is 1. The predicted octanol–water partition coefficient (Wildman–Crippen LogP) is 2.75. The van der Waals surface area contributed by atoms with Gasteiger partial charge < -0.3 is 34.6 Å². The average Bonchev–Trinajstić information content (AvgIpc) is 3.33. The van der Waals surface area contributed by atoms with Crippen LogP contribution in [0.4, 0.5) is 11.8 Å². The Morgan fingerprint density at radius 1 is 1.08 bits per heavy atom. The van der Waals surface area contributed by atoms with E-state index in [9.17, 15) is 4.79 Å². The molecule has 1 amide bonds. The number of allylic oxidation sites excluding steroid dienone is 1. The Balaban J connectivity index is 1.41. The number of aromatic nitrogens is 2. The molecule has 4 heterocycles. The van der Waals surface area contributed by atoms with Gasteiger partial charge in [-0.05, 0) is 31.7 Å². The monoisotopic (exact) mass is 489 g/mol. The molecule has 1 aromatic carbocycles. The van der Waals surface area contributed by atoms with Gasteiger partial charge in [0.15, 0.2) is 17.2 Å². The third-order valence-electron chi connectivity index (χ3n) is 6.46. The molecule has 2 aliphatic heterocycles. The van der Waals surface area contributed by atoms with Gasteiger partial charge in [0, 0.05) is 51.5 Å². The summed E-state index contributed by atoms with van der Waals surface area (Å²) >= 11 is 0. The Hall–Kier alpha value is -3.76. The molecule has 188 valence electrons. The van der Waals surface area contributed by atoms with Crippen molar-refractivity contribution in [1.29, 1.82) is 5.41 Å². The summed E-state index contributed by atoms with van der Waals surface area (Å²) in [5.41, 5.74) is 3.37. The highest BCUT2D eigenvalue weighted by molar-refractivity contribution is 6.06. The number of furan rings is 1. The van der Waals surface area contributed by atoms with Crippen LogP contribution in [-0.4, -0.2) is 90.9 Å². The Kier molecular flexibility index (Phi) is 6.97. The summed E-state index contributed by atoms with van der Waals surface area (Å²) in [6.45, 7) is 7.53. The zero-order valence-electron chi connectivity index (χ0n) is 20.7. The lowest BCUT2D eigenvalue weighted by Gasteiger charge is -2.31. The molecule has 0 bridgehead atoms. The molecule has 2 saturated heterocycles. The smallest absolute Gasteiger partial charge is 0.289 e. The topological polar surface area (TPSA) is 111 Å². The van der Waals surface area contributed by atoms with Crippen molar-refractivity contribution in [1.82, 2.24) is 19.8 Å². The summed E-state index contributed by atoms with van der Waals surface area (Å²) in [5, 5.41) is 11.4. The third-order valence-corrected chi connectivity index (χ3v) is 6.46. The van der Waals surface area contributed by atoms with Gasteiger partial charge >= 0.3 is 0 Å². The lowest BCUT2D eigenvalue weighted by Crippen LogP contribution is -2.47. The fourth-order valence-electron chi connectivity index (χ4n) is 4.35. The van der Waals surface area contributed by atoms with Crippen molar-refractivity contribution < 1.29 is 13.9 Å². The van der Waals surface area contributed by atoms with Crippen molar-refractivity contribution >= 4 is 34.5 Å².